The number of hydrogen-bond acceptors (Lipinski definition) is 3. The molecule has 18 heavy (non-hydrogen) atoms. The van der Waals surface area contributed by atoms with Crippen LogP contribution in [0.4, 0.5) is 0 Å². The van der Waals surface area contributed by atoms with Gasteiger partial charge in [-0.3, -0.25) is 4.79 Å². The predicted octanol–water partition coefficient (Wildman–Crippen LogP) is 2.26. The van der Waals surface area contributed by atoms with Crippen molar-refractivity contribution in [1.82, 2.24) is 0 Å². The van der Waals surface area contributed by atoms with E-state index < -0.39 is 15.1 Å². The Bertz CT molecular complexity index is 489. The highest BCUT2D eigenvalue weighted by Crippen LogP contribution is 2.13. The molecule has 0 radical (unpaired) electrons. The van der Waals surface area contributed by atoms with Gasteiger partial charge in [0.1, 0.15) is 5.75 Å². The number of carbonyl (C=O) groups excluding carboxylic acids is 1. The van der Waals surface area contributed by atoms with Crippen LogP contribution in [0.2, 0.25) is 0 Å². The van der Waals surface area contributed by atoms with E-state index in [9.17, 15) is 13.2 Å². The van der Waals surface area contributed by atoms with Crippen molar-refractivity contribution in [2.45, 2.75) is 32.4 Å². The zero-order valence-corrected chi connectivity index (χ0v) is 11.9. The van der Waals surface area contributed by atoms with Crippen LogP contribution >= 0.6 is 0 Å². The highest BCUT2D eigenvalue weighted by Gasteiger charge is 2.26. The van der Waals surface area contributed by atoms with Gasteiger partial charge in [0, 0.05) is 6.42 Å². The van der Waals surface area contributed by atoms with Crippen LogP contribution < -0.4 is 0 Å². The Balaban J connectivity index is 2.66. The first-order valence-corrected chi connectivity index (χ1v) is 7.81. The van der Waals surface area contributed by atoms with Gasteiger partial charge in [-0.25, -0.2) is 8.42 Å². The Morgan fingerprint density at radius 2 is 1.67 bits per heavy atom. The van der Waals surface area contributed by atoms with E-state index in [2.05, 4.69) is 0 Å². The molecule has 0 saturated carbocycles. The third kappa shape index (κ3) is 4.26. The molecule has 1 unspecified atom stereocenters. The summed E-state index contributed by atoms with van der Waals surface area (Å²) < 4.78 is 23.9. The molecule has 0 aliphatic carbocycles. The molecule has 1 aromatic carbocycles. The summed E-state index contributed by atoms with van der Waals surface area (Å²) in [4.78, 5) is 11.8. The molecule has 1 rings (SSSR count). The van der Waals surface area contributed by atoms with Gasteiger partial charge in [-0.05, 0) is 18.4 Å². The molecule has 3 nitrogen and oxygen atoms in total. The number of hydrogen-bond donors (Lipinski definition) is 0. The lowest BCUT2D eigenvalue weighted by Gasteiger charge is -2.15. The molecule has 0 amide bonds. The van der Waals surface area contributed by atoms with Crippen molar-refractivity contribution in [3.8, 4) is 0 Å². The standard InChI is InChI=1S/C14H20O3S/c1-11(2)12(3)18(16,17)10-14(15)9-13-7-5-4-6-8-13/h4-8,11-12H,9-10H2,1-3H3. The molecule has 1 atom stereocenters. The quantitative estimate of drug-likeness (QED) is 0.795. The van der Waals surface area contributed by atoms with Gasteiger partial charge in [-0.1, -0.05) is 44.2 Å². The first kappa shape index (κ1) is 14.9. The van der Waals surface area contributed by atoms with Crippen molar-refractivity contribution in [1.29, 1.82) is 0 Å². The van der Waals surface area contributed by atoms with E-state index in [1.54, 1.807) is 6.92 Å². The lowest BCUT2D eigenvalue weighted by atomic mass is 10.1. The molecule has 0 spiro atoms. The minimum atomic E-state index is -3.33. The van der Waals surface area contributed by atoms with E-state index in [1.807, 2.05) is 44.2 Å². The van der Waals surface area contributed by atoms with Gasteiger partial charge in [-0.2, -0.15) is 0 Å². The van der Waals surface area contributed by atoms with Crippen LogP contribution in [-0.2, 0) is 21.1 Å². The summed E-state index contributed by atoms with van der Waals surface area (Å²) in [6, 6.07) is 9.21. The summed E-state index contributed by atoms with van der Waals surface area (Å²) >= 11 is 0. The summed E-state index contributed by atoms with van der Waals surface area (Å²) in [6.07, 6.45) is 0.185. The second-order valence-electron chi connectivity index (χ2n) is 4.96. The predicted molar refractivity (Wildman–Crippen MR) is 73.2 cm³/mol. The zero-order valence-electron chi connectivity index (χ0n) is 11.1. The highest BCUT2D eigenvalue weighted by atomic mass is 32.2. The second kappa shape index (κ2) is 6.14. The maximum Gasteiger partial charge on any atom is 0.160 e. The molecule has 0 saturated heterocycles. The number of rotatable bonds is 6. The molecular formula is C14H20O3S. The average Bonchev–Trinajstić information content (AvgIpc) is 2.28. The first-order valence-electron chi connectivity index (χ1n) is 6.10. The normalized spacial score (nSPS) is 13.6. The van der Waals surface area contributed by atoms with Crippen LogP contribution in [0, 0.1) is 5.92 Å². The zero-order chi connectivity index (χ0) is 13.8. The molecule has 0 aliphatic heterocycles. The van der Waals surface area contributed by atoms with Gasteiger partial charge in [0.05, 0.1) is 5.25 Å². The summed E-state index contributed by atoms with van der Waals surface area (Å²) in [6.45, 7) is 5.36. The van der Waals surface area contributed by atoms with Crippen molar-refractivity contribution in [3.63, 3.8) is 0 Å². The Morgan fingerprint density at radius 1 is 1.11 bits per heavy atom. The fourth-order valence-corrected chi connectivity index (χ4v) is 3.29. The van der Waals surface area contributed by atoms with Crippen LogP contribution in [0.25, 0.3) is 0 Å². The van der Waals surface area contributed by atoms with Crippen molar-refractivity contribution in [2.24, 2.45) is 5.92 Å². The highest BCUT2D eigenvalue weighted by molar-refractivity contribution is 7.92. The first-order chi connectivity index (χ1) is 8.33. The molecule has 100 valence electrons. The number of sulfone groups is 1. The van der Waals surface area contributed by atoms with Crippen LogP contribution in [-0.4, -0.2) is 25.2 Å². The van der Waals surface area contributed by atoms with Gasteiger partial charge >= 0.3 is 0 Å². The van der Waals surface area contributed by atoms with Gasteiger partial charge < -0.3 is 0 Å². The SMILES string of the molecule is CC(C)C(C)S(=O)(=O)CC(=O)Cc1ccccc1. The number of Topliss-reactive ketones (excluding diaryl/α,β-unsaturated/α-hetero) is 1. The average molecular weight is 268 g/mol. The molecule has 0 fully saturated rings. The number of benzene rings is 1. The third-order valence-electron chi connectivity index (χ3n) is 3.11. The maximum absolute atomic E-state index is 12.0. The molecule has 0 heterocycles. The van der Waals surface area contributed by atoms with Gasteiger partial charge in [0.15, 0.2) is 15.6 Å². The van der Waals surface area contributed by atoms with Crippen LogP contribution in [0.5, 0.6) is 0 Å². The topological polar surface area (TPSA) is 51.2 Å². The fourth-order valence-electron chi connectivity index (χ4n) is 1.65. The summed E-state index contributed by atoms with van der Waals surface area (Å²) in [5, 5.41) is -0.475. The van der Waals surface area contributed by atoms with Gasteiger partial charge in [0.2, 0.25) is 0 Å². The molecule has 0 aromatic heterocycles. The van der Waals surface area contributed by atoms with Gasteiger partial charge in [-0.15, -0.1) is 0 Å². The van der Waals surface area contributed by atoms with Crippen molar-refractivity contribution in [3.05, 3.63) is 35.9 Å². The minimum absolute atomic E-state index is 0.0273. The van der Waals surface area contributed by atoms with Gasteiger partial charge in [0.25, 0.3) is 0 Å². The molecule has 4 heteroatoms. The lowest BCUT2D eigenvalue weighted by Crippen LogP contribution is -2.30. The summed E-state index contributed by atoms with van der Waals surface area (Å²) in [7, 11) is -3.33. The van der Waals surface area contributed by atoms with Crippen LogP contribution in [0.15, 0.2) is 30.3 Å². The van der Waals surface area contributed by atoms with Crippen LogP contribution in [0.3, 0.4) is 0 Å². The van der Waals surface area contributed by atoms with E-state index >= 15 is 0 Å². The molecule has 1 aromatic rings. The monoisotopic (exact) mass is 268 g/mol. The Morgan fingerprint density at radius 3 is 2.17 bits per heavy atom. The van der Waals surface area contributed by atoms with E-state index in [4.69, 9.17) is 0 Å². The maximum atomic E-state index is 12.0. The van der Waals surface area contributed by atoms with E-state index in [-0.39, 0.29) is 23.9 Å². The Hall–Kier alpha value is -1.16. The van der Waals surface area contributed by atoms with Crippen molar-refractivity contribution < 1.29 is 13.2 Å². The molecule has 0 aliphatic rings. The minimum Gasteiger partial charge on any atom is -0.298 e. The van der Waals surface area contributed by atoms with E-state index in [1.165, 1.54) is 0 Å². The Labute approximate surface area is 109 Å². The van der Waals surface area contributed by atoms with E-state index in [0.29, 0.717) is 0 Å². The fraction of sp³-hybridized carbons (Fsp3) is 0.500. The lowest BCUT2D eigenvalue weighted by molar-refractivity contribution is -0.116. The molecule has 0 bridgehead atoms. The second-order valence-corrected chi connectivity index (χ2v) is 7.32. The number of ketones is 1. The van der Waals surface area contributed by atoms with Crippen LogP contribution in [0.1, 0.15) is 26.3 Å². The third-order valence-corrected chi connectivity index (χ3v) is 5.51. The molecule has 0 N–H and O–H groups in total. The van der Waals surface area contributed by atoms with Crippen molar-refractivity contribution >= 4 is 15.6 Å². The summed E-state index contributed by atoms with van der Waals surface area (Å²) in [5.41, 5.74) is 0.856. The Kier molecular flexibility index (Phi) is 5.08. The number of carbonyl (C=O) groups is 1. The van der Waals surface area contributed by atoms with Crippen molar-refractivity contribution in [2.75, 3.05) is 5.75 Å². The summed E-state index contributed by atoms with van der Waals surface area (Å²) in [5.74, 6) is -0.574. The molecular weight excluding hydrogens is 248 g/mol. The van der Waals surface area contributed by atoms with E-state index in [0.717, 1.165) is 5.56 Å². The largest absolute Gasteiger partial charge is 0.298 e. The smallest absolute Gasteiger partial charge is 0.160 e.